The molecule has 1 heterocycles. The van der Waals surface area contributed by atoms with Crippen LogP contribution in [0.5, 0.6) is 0 Å². The van der Waals surface area contributed by atoms with Gasteiger partial charge < -0.3 is 36.0 Å². The Morgan fingerprint density at radius 2 is 2.00 bits per heavy atom. The van der Waals surface area contributed by atoms with E-state index in [2.05, 4.69) is 5.32 Å². The molecule has 1 amide bonds. The van der Waals surface area contributed by atoms with Gasteiger partial charge in [0.05, 0.1) is 19.6 Å². The van der Waals surface area contributed by atoms with Gasteiger partial charge in [0.25, 0.3) is 0 Å². The van der Waals surface area contributed by atoms with Crippen LogP contribution < -0.4 is 11.1 Å². The molecular formula is C10H18N2O8. The van der Waals surface area contributed by atoms with E-state index >= 15 is 0 Å². The topological polar surface area (TPSA) is 183 Å². The number of aliphatic hydroxyl groups excluding tert-OH is 3. The van der Waals surface area contributed by atoms with Gasteiger partial charge in [-0.3, -0.25) is 14.9 Å². The van der Waals surface area contributed by atoms with Crippen LogP contribution in [0.3, 0.4) is 0 Å². The van der Waals surface area contributed by atoms with Crippen LogP contribution in [0.2, 0.25) is 0 Å². The molecule has 10 heteroatoms. The number of carboxylic acid groups (broad SMARTS) is 1. The number of nitrogens with one attached hydrogen (secondary N) is 1. The lowest BCUT2D eigenvalue weighted by Gasteiger charge is -2.42. The second-order valence-corrected chi connectivity index (χ2v) is 4.60. The first-order chi connectivity index (χ1) is 9.17. The van der Waals surface area contributed by atoms with Crippen molar-refractivity contribution >= 4 is 11.9 Å². The van der Waals surface area contributed by atoms with Crippen molar-refractivity contribution in [3.8, 4) is 0 Å². The van der Waals surface area contributed by atoms with Gasteiger partial charge in [0, 0.05) is 0 Å². The van der Waals surface area contributed by atoms with Crippen LogP contribution in [0, 0.1) is 0 Å². The molecule has 10 nitrogen and oxygen atoms in total. The summed E-state index contributed by atoms with van der Waals surface area (Å²) in [7, 11) is 0. The molecule has 1 fully saturated rings. The molecule has 0 aromatic carbocycles. The average Bonchev–Trinajstić information content (AvgIpc) is 2.36. The van der Waals surface area contributed by atoms with Crippen molar-refractivity contribution in [2.45, 2.75) is 36.6 Å². The zero-order chi connectivity index (χ0) is 15.5. The number of hydrogen-bond donors (Lipinski definition) is 7. The van der Waals surface area contributed by atoms with Gasteiger partial charge >= 0.3 is 5.97 Å². The third-order valence-electron chi connectivity index (χ3n) is 2.99. The van der Waals surface area contributed by atoms with Crippen LogP contribution in [-0.4, -0.2) is 80.7 Å². The summed E-state index contributed by atoms with van der Waals surface area (Å²) in [5.74, 6) is -4.53. The van der Waals surface area contributed by atoms with Gasteiger partial charge in [0.15, 0.2) is 0 Å². The van der Waals surface area contributed by atoms with Gasteiger partial charge in [-0.15, -0.1) is 0 Å². The third kappa shape index (κ3) is 3.85. The Morgan fingerprint density at radius 1 is 1.40 bits per heavy atom. The summed E-state index contributed by atoms with van der Waals surface area (Å²) < 4.78 is 4.82. The minimum atomic E-state index is -2.29. The molecule has 1 aliphatic heterocycles. The van der Waals surface area contributed by atoms with E-state index in [0.29, 0.717) is 0 Å². The maximum absolute atomic E-state index is 10.9. The predicted molar refractivity (Wildman–Crippen MR) is 62.2 cm³/mol. The van der Waals surface area contributed by atoms with E-state index in [1.807, 2.05) is 0 Å². The molecule has 0 aromatic heterocycles. The summed E-state index contributed by atoms with van der Waals surface area (Å²) in [6.07, 6.45) is -5.38. The summed E-state index contributed by atoms with van der Waals surface area (Å²) in [6, 6.07) is -1.38. The van der Waals surface area contributed by atoms with Crippen molar-refractivity contribution in [3.63, 3.8) is 0 Å². The fourth-order valence-corrected chi connectivity index (χ4v) is 1.76. The number of carbonyl (C=O) groups excluding carboxylic acids is 1. The van der Waals surface area contributed by atoms with Gasteiger partial charge in [-0.05, 0) is 0 Å². The number of rotatable bonds is 6. The number of ether oxygens (including phenoxy) is 1. The molecule has 4 unspecified atom stereocenters. The number of hydrogen-bond acceptors (Lipinski definition) is 8. The predicted octanol–water partition coefficient (Wildman–Crippen LogP) is -4.29. The van der Waals surface area contributed by atoms with E-state index in [9.17, 15) is 30.0 Å². The highest BCUT2D eigenvalue weighted by molar-refractivity contribution is 5.83. The molecule has 1 aliphatic rings. The Balaban J connectivity index is 2.66. The smallest absolute Gasteiger partial charge is 0.321 e. The second-order valence-electron chi connectivity index (χ2n) is 4.60. The standard InChI is InChI=1S/C10H18N2O8/c11-6(14)1-4(9(17)18)12-3-10(19)8(16)7(15)5(13)2-20-10/h4-5,7-8,12-13,15-16,19H,1-3H2,(H2,11,14)(H,17,18)/t4-,5?,7?,8?,10?/m1/s1. The molecule has 1 rings (SSSR count). The number of amides is 1. The Labute approximate surface area is 113 Å². The molecule has 1 saturated heterocycles. The number of carboxylic acids is 1. The lowest BCUT2D eigenvalue weighted by Crippen LogP contribution is -2.65. The van der Waals surface area contributed by atoms with Gasteiger partial charge in [0.2, 0.25) is 11.7 Å². The Hall–Kier alpha value is -1.30. The van der Waals surface area contributed by atoms with E-state index in [0.717, 1.165) is 0 Å². The first-order valence-corrected chi connectivity index (χ1v) is 5.82. The van der Waals surface area contributed by atoms with Crippen molar-refractivity contribution in [3.05, 3.63) is 0 Å². The zero-order valence-electron chi connectivity index (χ0n) is 10.5. The number of nitrogens with two attached hydrogens (primary N) is 1. The molecule has 20 heavy (non-hydrogen) atoms. The molecule has 0 aliphatic carbocycles. The minimum Gasteiger partial charge on any atom is -0.480 e. The number of aliphatic hydroxyl groups is 4. The van der Waals surface area contributed by atoms with Crippen LogP contribution >= 0.6 is 0 Å². The molecule has 0 aromatic rings. The van der Waals surface area contributed by atoms with Crippen molar-refractivity contribution in [1.82, 2.24) is 5.32 Å². The number of carbonyl (C=O) groups is 2. The quantitative estimate of drug-likeness (QED) is 0.255. The highest BCUT2D eigenvalue weighted by Gasteiger charge is 2.48. The second kappa shape index (κ2) is 6.43. The fourth-order valence-electron chi connectivity index (χ4n) is 1.76. The van der Waals surface area contributed by atoms with Gasteiger partial charge in [-0.2, -0.15) is 0 Å². The minimum absolute atomic E-state index is 0.441. The maximum Gasteiger partial charge on any atom is 0.321 e. The molecule has 0 radical (unpaired) electrons. The first kappa shape index (κ1) is 16.8. The van der Waals surface area contributed by atoms with Crippen molar-refractivity contribution < 1.29 is 39.9 Å². The van der Waals surface area contributed by atoms with Crippen LogP contribution in [0.15, 0.2) is 0 Å². The van der Waals surface area contributed by atoms with E-state index in [-0.39, 0.29) is 0 Å². The van der Waals surface area contributed by atoms with Gasteiger partial charge in [-0.25, -0.2) is 0 Å². The third-order valence-corrected chi connectivity index (χ3v) is 2.99. The van der Waals surface area contributed by atoms with Crippen LogP contribution in [0.25, 0.3) is 0 Å². The van der Waals surface area contributed by atoms with E-state index in [1.54, 1.807) is 0 Å². The molecule has 0 bridgehead atoms. The van der Waals surface area contributed by atoms with Crippen LogP contribution in [0.4, 0.5) is 0 Å². The monoisotopic (exact) mass is 294 g/mol. The van der Waals surface area contributed by atoms with E-state index in [4.69, 9.17) is 15.6 Å². The highest BCUT2D eigenvalue weighted by atomic mass is 16.6. The zero-order valence-corrected chi connectivity index (χ0v) is 10.5. The highest BCUT2D eigenvalue weighted by Crippen LogP contribution is 2.23. The summed E-state index contributed by atoms with van der Waals surface area (Å²) in [4.78, 5) is 21.6. The lowest BCUT2D eigenvalue weighted by molar-refractivity contribution is -0.318. The maximum atomic E-state index is 10.9. The lowest BCUT2D eigenvalue weighted by atomic mass is 9.96. The Morgan fingerprint density at radius 3 is 2.50 bits per heavy atom. The van der Waals surface area contributed by atoms with Crippen molar-refractivity contribution in [2.75, 3.05) is 13.2 Å². The number of primary amides is 1. The van der Waals surface area contributed by atoms with E-state index in [1.165, 1.54) is 0 Å². The summed E-state index contributed by atoms with van der Waals surface area (Å²) in [5.41, 5.74) is 4.88. The van der Waals surface area contributed by atoms with Crippen LogP contribution in [0.1, 0.15) is 6.42 Å². The first-order valence-electron chi connectivity index (χ1n) is 5.82. The molecule has 8 N–H and O–H groups in total. The molecule has 5 atom stereocenters. The summed E-state index contributed by atoms with van der Waals surface area (Å²) in [5, 5.41) is 49.5. The van der Waals surface area contributed by atoms with Gasteiger partial charge in [-0.1, -0.05) is 0 Å². The number of aliphatic carboxylic acids is 1. The molecular weight excluding hydrogens is 276 g/mol. The summed E-state index contributed by atoms with van der Waals surface area (Å²) in [6.45, 7) is -1.02. The molecule has 116 valence electrons. The van der Waals surface area contributed by atoms with Crippen molar-refractivity contribution in [2.24, 2.45) is 5.73 Å². The molecule has 0 spiro atoms. The SMILES string of the molecule is NC(=O)C[C@@H](NCC1(O)OCC(O)C(O)C1O)C(=O)O. The normalized spacial score (nSPS) is 35.5. The van der Waals surface area contributed by atoms with Crippen molar-refractivity contribution in [1.29, 1.82) is 0 Å². The fraction of sp³-hybridized carbons (Fsp3) is 0.800. The Kier molecular flexibility index (Phi) is 5.39. The average molecular weight is 294 g/mol. The van der Waals surface area contributed by atoms with Gasteiger partial charge in [0.1, 0.15) is 24.4 Å². The summed E-state index contributed by atoms with van der Waals surface area (Å²) >= 11 is 0. The Bertz CT molecular complexity index is 378. The van der Waals surface area contributed by atoms with E-state index < -0.39 is 61.6 Å². The van der Waals surface area contributed by atoms with Crippen LogP contribution in [-0.2, 0) is 14.3 Å². The molecule has 0 saturated carbocycles. The largest absolute Gasteiger partial charge is 0.480 e.